The predicted molar refractivity (Wildman–Crippen MR) is 48.4 cm³/mol. The molecule has 3 nitrogen and oxygen atoms in total. The van der Waals surface area contributed by atoms with E-state index in [1.807, 2.05) is 6.07 Å². The zero-order valence-corrected chi connectivity index (χ0v) is 7.41. The van der Waals surface area contributed by atoms with Gasteiger partial charge in [0.25, 0.3) is 0 Å². The fraction of sp³-hybridized carbons (Fsp3) is 0.300. The summed E-state index contributed by atoms with van der Waals surface area (Å²) in [4.78, 5) is 0. The van der Waals surface area contributed by atoms with Gasteiger partial charge in [-0.25, -0.2) is 0 Å². The van der Waals surface area contributed by atoms with Crippen molar-refractivity contribution in [3.63, 3.8) is 0 Å². The lowest BCUT2D eigenvalue weighted by atomic mass is 10.1. The van der Waals surface area contributed by atoms with Crippen LogP contribution in [-0.4, -0.2) is 10.2 Å². The maximum atomic E-state index is 9.42. The summed E-state index contributed by atoms with van der Waals surface area (Å²) in [5, 5.41) is 27.1. The topological polar surface area (TPSA) is 64.2 Å². The summed E-state index contributed by atoms with van der Waals surface area (Å²) in [6, 6.07) is 4.99. The molecule has 0 aliphatic carbocycles. The van der Waals surface area contributed by atoms with Crippen LogP contribution in [0.15, 0.2) is 12.1 Å². The van der Waals surface area contributed by atoms with Gasteiger partial charge in [0.15, 0.2) is 0 Å². The maximum absolute atomic E-state index is 9.42. The van der Waals surface area contributed by atoms with Gasteiger partial charge in [-0.2, -0.15) is 5.26 Å². The van der Waals surface area contributed by atoms with E-state index in [1.165, 1.54) is 12.1 Å². The largest absolute Gasteiger partial charge is 0.508 e. The highest BCUT2D eigenvalue weighted by molar-refractivity contribution is 5.44. The molecular formula is C10H11NO2. The normalized spacial score (nSPS) is 9.54. The highest BCUT2D eigenvalue weighted by Crippen LogP contribution is 2.27. The lowest BCUT2D eigenvalue weighted by Crippen LogP contribution is -1.86. The second-order valence-electron chi connectivity index (χ2n) is 2.93. The van der Waals surface area contributed by atoms with Gasteiger partial charge >= 0.3 is 0 Å². The van der Waals surface area contributed by atoms with Crippen LogP contribution in [0.25, 0.3) is 0 Å². The Morgan fingerprint density at radius 2 is 2.00 bits per heavy atom. The van der Waals surface area contributed by atoms with Crippen LogP contribution >= 0.6 is 0 Å². The first-order chi connectivity index (χ1) is 6.15. The third kappa shape index (κ3) is 2.12. The summed E-state index contributed by atoms with van der Waals surface area (Å²) < 4.78 is 0. The van der Waals surface area contributed by atoms with Gasteiger partial charge in [-0.15, -0.1) is 0 Å². The van der Waals surface area contributed by atoms with Gasteiger partial charge in [0.05, 0.1) is 6.07 Å². The van der Waals surface area contributed by atoms with Crippen LogP contribution < -0.4 is 0 Å². The fourth-order valence-electron chi connectivity index (χ4n) is 1.12. The first-order valence-electron chi connectivity index (χ1n) is 4.03. The number of aromatic hydroxyl groups is 2. The Labute approximate surface area is 76.9 Å². The highest BCUT2D eigenvalue weighted by atomic mass is 16.3. The zero-order chi connectivity index (χ0) is 9.84. The zero-order valence-electron chi connectivity index (χ0n) is 7.41. The summed E-state index contributed by atoms with van der Waals surface area (Å²) >= 11 is 0. The molecule has 0 fully saturated rings. The molecule has 0 saturated carbocycles. The molecule has 0 aromatic heterocycles. The lowest BCUT2D eigenvalue weighted by Gasteiger charge is -2.05. The molecule has 0 heterocycles. The molecule has 0 radical (unpaired) electrons. The molecule has 0 atom stereocenters. The molecule has 0 bridgehead atoms. The van der Waals surface area contributed by atoms with Crippen molar-refractivity contribution in [3.8, 4) is 17.6 Å². The number of hydrogen-bond donors (Lipinski definition) is 2. The number of hydrogen-bond acceptors (Lipinski definition) is 3. The van der Waals surface area contributed by atoms with Crippen molar-refractivity contribution in [1.29, 1.82) is 5.26 Å². The minimum absolute atomic E-state index is 0.144. The molecule has 1 aromatic rings. The molecule has 1 rings (SSSR count). The van der Waals surface area contributed by atoms with Gasteiger partial charge in [0, 0.05) is 6.42 Å². The van der Waals surface area contributed by atoms with Crippen molar-refractivity contribution in [3.05, 3.63) is 23.3 Å². The smallest absolute Gasteiger partial charge is 0.119 e. The lowest BCUT2D eigenvalue weighted by molar-refractivity contribution is 0.451. The average Bonchev–Trinajstić information content (AvgIpc) is 2.09. The minimum atomic E-state index is 0.144. The Bertz CT molecular complexity index is 353. The molecule has 0 aliphatic heterocycles. The van der Waals surface area contributed by atoms with E-state index in [0.29, 0.717) is 24.0 Å². The summed E-state index contributed by atoms with van der Waals surface area (Å²) in [6.07, 6.45) is 0.812. The number of benzene rings is 1. The van der Waals surface area contributed by atoms with Crippen LogP contribution in [0, 0.1) is 18.3 Å². The molecule has 68 valence electrons. The van der Waals surface area contributed by atoms with Crippen molar-refractivity contribution in [2.45, 2.75) is 19.8 Å². The van der Waals surface area contributed by atoms with Crippen LogP contribution in [0.3, 0.4) is 0 Å². The first-order valence-corrected chi connectivity index (χ1v) is 4.03. The molecular weight excluding hydrogens is 166 g/mol. The Morgan fingerprint density at radius 1 is 1.31 bits per heavy atom. The van der Waals surface area contributed by atoms with Crippen LogP contribution in [-0.2, 0) is 6.42 Å². The maximum Gasteiger partial charge on any atom is 0.119 e. The van der Waals surface area contributed by atoms with Crippen molar-refractivity contribution >= 4 is 0 Å². The number of nitriles is 1. The SMILES string of the molecule is Cc1cc(O)c(CCC#N)cc1O. The third-order valence-corrected chi connectivity index (χ3v) is 1.90. The Balaban J connectivity index is 2.96. The minimum Gasteiger partial charge on any atom is -0.508 e. The van der Waals surface area contributed by atoms with E-state index >= 15 is 0 Å². The van der Waals surface area contributed by atoms with Gasteiger partial charge in [0.2, 0.25) is 0 Å². The van der Waals surface area contributed by atoms with Gasteiger partial charge in [0.1, 0.15) is 11.5 Å². The second-order valence-corrected chi connectivity index (χ2v) is 2.93. The Hall–Kier alpha value is -1.69. The molecule has 0 saturated heterocycles. The summed E-state index contributed by atoms with van der Waals surface area (Å²) in [5.41, 5.74) is 1.25. The van der Waals surface area contributed by atoms with E-state index in [1.54, 1.807) is 6.92 Å². The fourth-order valence-corrected chi connectivity index (χ4v) is 1.12. The Kier molecular flexibility index (Phi) is 2.76. The summed E-state index contributed by atoms with van der Waals surface area (Å²) in [5.74, 6) is 0.302. The average molecular weight is 177 g/mol. The van der Waals surface area contributed by atoms with Gasteiger partial charge in [-0.3, -0.25) is 0 Å². The van der Waals surface area contributed by atoms with E-state index in [2.05, 4.69) is 0 Å². The standard InChI is InChI=1S/C10H11NO2/c1-7-5-10(13)8(3-2-4-11)6-9(7)12/h5-6,12-13H,2-3H2,1H3. The van der Waals surface area contributed by atoms with Crippen LogP contribution in [0.1, 0.15) is 17.5 Å². The molecule has 0 aliphatic rings. The van der Waals surface area contributed by atoms with Crippen LogP contribution in [0.2, 0.25) is 0 Å². The number of aryl methyl sites for hydroxylation is 2. The molecule has 13 heavy (non-hydrogen) atoms. The van der Waals surface area contributed by atoms with Crippen molar-refractivity contribution in [2.24, 2.45) is 0 Å². The molecule has 3 heteroatoms. The number of phenolic OH excluding ortho intramolecular Hbond substituents is 2. The van der Waals surface area contributed by atoms with Crippen LogP contribution in [0.4, 0.5) is 0 Å². The van der Waals surface area contributed by atoms with Crippen molar-refractivity contribution < 1.29 is 10.2 Å². The van der Waals surface area contributed by atoms with Crippen molar-refractivity contribution in [1.82, 2.24) is 0 Å². The molecule has 0 spiro atoms. The molecule has 2 N–H and O–H groups in total. The molecule has 0 unspecified atom stereocenters. The quantitative estimate of drug-likeness (QED) is 0.677. The van der Waals surface area contributed by atoms with E-state index in [9.17, 15) is 10.2 Å². The van der Waals surface area contributed by atoms with E-state index in [-0.39, 0.29) is 11.5 Å². The first kappa shape index (κ1) is 9.40. The van der Waals surface area contributed by atoms with E-state index in [4.69, 9.17) is 5.26 Å². The van der Waals surface area contributed by atoms with E-state index in [0.717, 1.165) is 0 Å². The number of nitrogens with zero attached hydrogens (tertiary/aromatic N) is 1. The summed E-state index contributed by atoms with van der Waals surface area (Å²) in [7, 11) is 0. The van der Waals surface area contributed by atoms with Gasteiger partial charge in [-0.05, 0) is 36.6 Å². The summed E-state index contributed by atoms with van der Waals surface area (Å²) in [6.45, 7) is 1.71. The Morgan fingerprint density at radius 3 is 2.62 bits per heavy atom. The number of phenols is 2. The monoisotopic (exact) mass is 177 g/mol. The predicted octanol–water partition coefficient (Wildman–Crippen LogP) is 1.86. The molecule has 0 amide bonds. The second kappa shape index (κ2) is 3.81. The third-order valence-electron chi connectivity index (χ3n) is 1.90. The van der Waals surface area contributed by atoms with E-state index < -0.39 is 0 Å². The van der Waals surface area contributed by atoms with Crippen molar-refractivity contribution in [2.75, 3.05) is 0 Å². The highest BCUT2D eigenvalue weighted by Gasteiger charge is 2.04. The molecule has 1 aromatic carbocycles. The van der Waals surface area contributed by atoms with Gasteiger partial charge in [-0.1, -0.05) is 0 Å². The van der Waals surface area contributed by atoms with Crippen LogP contribution in [0.5, 0.6) is 11.5 Å². The number of rotatable bonds is 2. The van der Waals surface area contributed by atoms with Gasteiger partial charge < -0.3 is 10.2 Å².